The topological polar surface area (TPSA) is 62.1 Å². The second-order valence-corrected chi connectivity index (χ2v) is 7.35. The molecule has 25 heavy (non-hydrogen) atoms. The summed E-state index contributed by atoms with van der Waals surface area (Å²) in [7, 11) is 0. The second kappa shape index (κ2) is 8.28. The molecule has 1 aliphatic rings. The van der Waals surface area contributed by atoms with E-state index < -0.39 is 0 Å². The molecule has 0 atom stereocenters. The Hall–Kier alpha value is -2.16. The molecule has 0 aliphatic carbocycles. The van der Waals surface area contributed by atoms with Crippen LogP contribution in [0.15, 0.2) is 42.5 Å². The molecule has 1 N–H and O–H groups in total. The van der Waals surface area contributed by atoms with Gasteiger partial charge < -0.3 is 10.1 Å². The maximum absolute atomic E-state index is 12.4. The highest BCUT2D eigenvalue weighted by molar-refractivity contribution is 7.99. The molecular weight excluding hydrogens is 356 g/mol. The van der Waals surface area contributed by atoms with Crippen LogP contribution in [0, 0.1) is 11.3 Å². The molecule has 1 heterocycles. The zero-order valence-electron chi connectivity index (χ0n) is 13.5. The van der Waals surface area contributed by atoms with Crippen molar-refractivity contribution in [3.05, 3.63) is 58.6 Å². The van der Waals surface area contributed by atoms with E-state index in [0.717, 1.165) is 24.3 Å². The van der Waals surface area contributed by atoms with Crippen LogP contribution in [-0.4, -0.2) is 23.5 Å². The standard InChI is InChI=1S/C19H17ClN2O2S/c20-16-11-13(19(23)22-15-7-9-25-10-8-15)5-6-18(16)24-17-4-2-1-3-14(17)12-21/h1-6,11,15H,7-10H2,(H,22,23). The van der Waals surface area contributed by atoms with Crippen molar-refractivity contribution in [1.29, 1.82) is 5.26 Å². The first kappa shape index (κ1) is 17.7. The molecule has 0 spiro atoms. The summed E-state index contributed by atoms with van der Waals surface area (Å²) in [4.78, 5) is 12.4. The zero-order chi connectivity index (χ0) is 17.6. The summed E-state index contributed by atoms with van der Waals surface area (Å²) >= 11 is 8.19. The van der Waals surface area contributed by atoms with Gasteiger partial charge in [-0.1, -0.05) is 23.7 Å². The van der Waals surface area contributed by atoms with Gasteiger partial charge in [-0.05, 0) is 54.7 Å². The van der Waals surface area contributed by atoms with Crippen molar-refractivity contribution < 1.29 is 9.53 Å². The normalized spacial score (nSPS) is 14.6. The first-order valence-electron chi connectivity index (χ1n) is 8.02. The molecule has 1 aliphatic heterocycles. The van der Waals surface area contributed by atoms with Gasteiger partial charge in [0, 0.05) is 11.6 Å². The Morgan fingerprint density at radius 2 is 1.96 bits per heavy atom. The number of nitrogens with one attached hydrogen (secondary N) is 1. The number of hydrogen-bond acceptors (Lipinski definition) is 4. The largest absolute Gasteiger partial charge is 0.454 e. The summed E-state index contributed by atoms with van der Waals surface area (Å²) in [5, 5.41) is 12.5. The second-order valence-electron chi connectivity index (χ2n) is 5.72. The molecule has 2 aromatic carbocycles. The predicted octanol–water partition coefficient (Wildman–Crippen LogP) is 4.63. The van der Waals surface area contributed by atoms with Crippen molar-refractivity contribution in [2.75, 3.05) is 11.5 Å². The van der Waals surface area contributed by atoms with Gasteiger partial charge in [-0.25, -0.2) is 0 Å². The number of benzene rings is 2. The van der Waals surface area contributed by atoms with Crippen LogP contribution in [-0.2, 0) is 0 Å². The van der Waals surface area contributed by atoms with Gasteiger partial charge in [0.2, 0.25) is 0 Å². The van der Waals surface area contributed by atoms with Gasteiger partial charge >= 0.3 is 0 Å². The number of nitriles is 1. The SMILES string of the molecule is N#Cc1ccccc1Oc1ccc(C(=O)NC2CCSCC2)cc1Cl. The van der Waals surface area contributed by atoms with Crippen LogP contribution in [0.1, 0.15) is 28.8 Å². The number of ether oxygens (including phenoxy) is 1. The van der Waals surface area contributed by atoms with E-state index in [1.54, 1.807) is 42.5 Å². The van der Waals surface area contributed by atoms with Gasteiger partial charge in [-0.3, -0.25) is 4.79 Å². The predicted molar refractivity (Wildman–Crippen MR) is 100 cm³/mol. The minimum absolute atomic E-state index is 0.122. The van der Waals surface area contributed by atoms with Crippen molar-refractivity contribution in [2.45, 2.75) is 18.9 Å². The van der Waals surface area contributed by atoms with Crippen LogP contribution < -0.4 is 10.1 Å². The number of hydrogen-bond donors (Lipinski definition) is 1. The fourth-order valence-electron chi connectivity index (χ4n) is 2.60. The number of halogens is 1. The summed E-state index contributed by atoms with van der Waals surface area (Å²) in [5.41, 5.74) is 0.930. The van der Waals surface area contributed by atoms with Crippen LogP contribution in [0.25, 0.3) is 0 Å². The third-order valence-corrected chi connectivity index (χ3v) is 5.32. The molecule has 6 heteroatoms. The Balaban J connectivity index is 1.72. The van der Waals surface area contributed by atoms with Crippen LogP contribution in [0.3, 0.4) is 0 Å². The van der Waals surface area contributed by atoms with E-state index in [2.05, 4.69) is 11.4 Å². The van der Waals surface area contributed by atoms with Gasteiger partial charge in [0.05, 0.1) is 10.6 Å². The molecule has 4 nitrogen and oxygen atoms in total. The Morgan fingerprint density at radius 1 is 1.20 bits per heavy atom. The van der Waals surface area contributed by atoms with Crippen LogP contribution >= 0.6 is 23.4 Å². The van der Waals surface area contributed by atoms with E-state index in [0.29, 0.717) is 27.6 Å². The Bertz CT molecular complexity index is 813. The number of carbonyl (C=O) groups excluding carboxylic acids is 1. The van der Waals surface area contributed by atoms with Crippen molar-refractivity contribution in [2.24, 2.45) is 0 Å². The van der Waals surface area contributed by atoms with E-state index in [4.69, 9.17) is 21.6 Å². The average molecular weight is 373 g/mol. The molecule has 0 saturated carbocycles. The van der Waals surface area contributed by atoms with E-state index in [1.807, 2.05) is 11.8 Å². The fraction of sp³-hybridized carbons (Fsp3) is 0.263. The summed E-state index contributed by atoms with van der Waals surface area (Å²) in [5.74, 6) is 2.88. The molecule has 0 bridgehead atoms. The zero-order valence-corrected chi connectivity index (χ0v) is 15.1. The summed E-state index contributed by atoms with van der Waals surface area (Å²) in [6.45, 7) is 0. The van der Waals surface area contributed by atoms with Gasteiger partial charge in [0.15, 0.2) is 0 Å². The Morgan fingerprint density at radius 3 is 2.68 bits per heavy atom. The minimum Gasteiger partial charge on any atom is -0.454 e. The first-order chi connectivity index (χ1) is 12.2. The van der Waals surface area contributed by atoms with Crippen LogP contribution in [0.4, 0.5) is 0 Å². The highest BCUT2D eigenvalue weighted by Crippen LogP contribution is 2.31. The smallest absolute Gasteiger partial charge is 0.251 e. The summed E-state index contributed by atoms with van der Waals surface area (Å²) < 4.78 is 5.73. The third-order valence-electron chi connectivity index (χ3n) is 3.98. The number of nitrogens with zero attached hydrogens (tertiary/aromatic N) is 1. The number of carbonyl (C=O) groups is 1. The lowest BCUT2D eigenvalue weighted by Gasteiger charge is -2.22. The molecular formula is C19H17ClN2O2S. The maximum Gasteiger partial charge on any atom is 0.251 e. The molecule has 0 unspecified atom stereocenters. The minimum atomic E-state index is -0.122. The van der Waals surface area contributed by atoms with Crippen molar-refractivity contribution in [3.63, 3.8) is 0 Å². The molecule has 1 fully saturated rings. The van der Waals surface area contributed by atoms with E-state index >= 15 is 0 Å². The lowest BCUT2D eigenvalue weighted by molar-refractivity contribution is 0.0935. The fourth-order valence-corrected chi connectivity index (χ4v) is 3.93. The lowest BCUT2D eigenvalue weighted by Crippen LogP contribution is -2.37. The molecule has 2 aromatic rings. The van der Waals surface area contributed by atoms with Crippen molar-refractivity contribution in [1.82, 2.24) is 5.32 Å². The lowest BCUT2D eigenvalue weighted by atomic mass is 10.1. The molecule has 3 rings (SSSR count). The molecule has 0 aromatic heterocycles. The number of rotatable bonds is 4. The van der Waals surface area contributed by atoms with E-state index in [1.165, 1.54) is 0 Å². The maximum atomic E-state index is 12.4. The number of thioether (sulfide) groups is 1. The Labute approximate surface area is 156 Å². The monoisotopic (exact) mass is 372 g/mol. The number of para-hydroxylation sites is 1. The molecule has 1 amide bonds. The quantitative estimate of drug-likeness (QED) is 0.849. The van der Waals surface area contributed by atoms with Gasteiger partial charge in [-0.15, -0.1) is 0 Å². The highest BCUT2D eigenvalue weighted by atomic mass is 35.5. The first-order valence-corrected chi connectivity index (χ1v) is 9.56. The average Bonchev–Trinajstić information content (AvgIpc) is 2.64. The van der Waals surface area contributed by atoms with Crippen molar-refractivity contribution >= 4 is 29.3 Å². The highest BCUT2D eigenvalue weighted by Gasteiger charge is 2.18. The molecule has 128 valence electrons. The van der Waals surface area contributed by atoms with Gasteiger partial charge in [0.25, 0.3) is 5.91 Å². The van der Waals surface area contributed by atoms with Gasteiger partial charge in [0.1, 0.15) is 17.6 Å². The van der Waals surface area contributed by atoms with Crippen molar-refractivity contribution in [3.8, 4) is 17.6 Å². The van der Waals surface area contributed by atoms with Gasteiger partial charge in [-0.2, -0.15) is 17.0 Å². The van der Waals surface area contributed by atoms with E-state index in [-0.39, 0.29) is 11.9 Å². The van der Waals surface area contributed by atoms with Crippen LogP contribution in [0.2, 0.25) is 5.02 Å². The van der Waals surface area contributed by atoms with E-state index in [9.17, 15) is 4.79 Å². The molecule has 1 saturated heterocycles. The number of amides is 1. The third kappa shape index (κ3) is 4.47. The Kier molecular flexibility index (Phi) is 5.85. The molecule has 0 radical (unpaired) electrons. The summed E-state index contributed by atoms with van der Waals surface area (Å²) in [6, 6.07) is 14.2. The van der Waals surface area contributed by atoms with Crippen LogP contribution in [0.5, 0.6) is 11.5 Å². The summed E-state index contributed by atoms with van der Waals surface area (Å²) in [6.07, 6.45) is 1.99.